The third-order valence-corrected chi connectivity index (χ3v) is 2.64. The summed E-state index contributed by atoms with van der Waals surface area (Å²) in [5.41, 5.74) is 1.21. The van der Waals surface area contributed by atoms with Gasteiger partial charge in [0.15, 0.2) is 0 Å². The molecule has 0 fully saturated rings. The molecule has 1 rings (SSSR count). The minimum absolute atomic E-state index is 0.110. The fraction of sp³-hybridized carbons (Fsp3) is 0.750. The largest absolute Gasteiger partial charge is 0.363 e. The van der Waals surface area contributed by atoms with Crippen LogP contribution in [0.5, 0.6) is 0 Å². The van der Waals surface area contributed by atoms with Crippen molar-refractivity contribution in [3.05, 3.63) is 0 Å². The quantitative estimate of drug-likeness (QED) is 0.680. The van der Waals surface area contributed by atoms with Crippen molar-refractivity contribution >= 4 is 21.6 Å². The van der Waals surface area contributed by atoms with Crippen LogP contribution in [0.4, 0.5) is 0 Å². The highest BCUT2D eigenvalue weighted by molar-refractivity contribution is 7.89. The van der Waals surface area contributed by atoms with Gasteiger partial charge in [-0.25, -0.2) is 0 Å². The highest BCUT2D eigenvalue weighted by Gasteiger charge is 2.27. The zero-order valence-electron chi connectivity index (χ0n) is 8.27. The minimum atomic E-state index is -3.56. The predicted octanol–water partition coefficient (Wildman–Crippen LogP) is 1.44. The molecule has 0 amide bonds. The van der Waals surface area contributed by atoms with Crippen molar-refractivity contribution < 1.29 is 8.42 Å². The Morgan fingerprint density at radius 3 is 1.46 bits per heavy atom. The summed E-state index contributed by atoms with van der Waals surface area (Å²) in [6.07, 6.45) is 0. The number of hydrogen-bond acceptors (Lipinski definition) is 2. The van der Waals surface area contributed by atoms with E-state index in [4.69, 9.17) is 0 Å². The summed E-state index contributed by atoms with van der Waals surface area (Å²) in [6.45, 7) is 7.66. The van der Waals surface area contributed by atoms with Crippen molar-refractivity contribution in [2.75, 3.05) is 0 Å². The van der Waals surface area contributed by atoms with Gasteiger partial charge in [0.1, 0.15) is 0 Å². The van der Waals surface area contributed by atoms with E-state index in [0.29, 0.717) is 11.4 Å². The Bertz CT molecular complexity index is 334. The zero-order chi connectivity index (χ0) is 10.2. The number of hydrogen-bond donors (Lipinski definition) is 0. The van der Waals surface area contributed by atoms with Crippen LogP contribution >= 0.6 is 0 Å². The monoisotopic (exact) mass is 202 g/mol. The third-order valence-electron chi connectivity index (χ3n) is 1.78. The van der Waals surface area contributed by atoms with Crippen molar-refractivity contribution in [2.24, 2.45) is 20.6 Å². The fourth-order valence-electron chi connectivity index (χ4n) is 1.16. The van der Waals surface area contributed by atoms with E-state index < -0.39 is 10.2 Å². The van der Waals surface area contributed by atoms with Gasteiger partial charge in [-0.3, -0.25) is 0 Å². The first-order chi connectivity index (χ1) is 5.83. The first-order valence-electron chi connectivity index (χ1n) is 4.28. The average molecular weight is 202 g/mol. The second-order valence-electron chi connectivity index (χ2n) is 3.71. The number of rotatable bonds is 2. The molecule has 0 aromatic heterocycles. The molecular formula is C8H14N2O2S. The summed E-state index contributed by atoms with van der Waals surface area (Å²) in [4.78, 5) is 0. The van der Waals surface area contributed by atoms with E-state index in [9.17, 15) is 8.42 Å². The summed E-state index contributed by atoms with van der Waals surface area (Å²) < 4.78 is 29.4. The van der Waals surface area contributed by atoms with Gasteiger partial charge >= 0.3 is 10.2 Å². The Hall–Kier alpha value is -0.710. The molecule has 0 saturated carbocycles. The molecule has 1 aliphatic heterocycles. The molecule has 0 atom stereocenters. The Labute approximate surface area is 79.0 Å². The van der Waals surface area contributed by atoms with Gasteiger partial charge in [-0.2, -0.15) is 8.42 Å². The van der Waals surface area contributed by atoms with Crippen LogP contribution in [0.25, 0.3) is 0 Å². The van der Waals surface area contributed by atoms with Crippen molar-refractivity contribution in [2.45, 2.75) is 27.7 Å². The zero-order valence-corrected chi connectivity index (χ0v) is 9.09. The van der Waals surface area contributed by atoms with E-state index in [2.05, 4.69) is 8.80 Å². The van der Waals surface area contributed by atoms with E-state index in [-0.39, 0.29) is 11.8 Å². The maximum absolute atomic E-state index is 11.1. The lowest BCUT2D eigenvalue weighted by Gasteiger charge is -2.09. The molecular weight excluding hydrogens is 188 g/mol. The van der Waals surface area contributed by atoms with Crippen molar-refractivity contribution in [3.63, 3.8) is 0 Å². The molecule has 0 aromatic carbocycles. The molecule has 1 heterocycles. The maximum Gasteiger partial charge on any atom is 0.363 e. The van der Waals surface area contributed by atoms with Crippen LogP contribution in [0.1, 0.15) is 27.7 Å². The van der Waals surface area contributed by atoms with Crippen LogP contribution in [-0.4, -0.2) is 19.8 Å². The van der Waals surface area contributed by atoms with E-state index in [1.54, 1.807) is 0 Å². The molecule has 0 aromatic rings. The summed E-state index contributed by atoms with van der Waals surface area (Å²) >= 11 is 0. The molecule has 0 N–H and O–H groups in total. The Balaban J connectivity index is 3.18. The molecule has 0 bridgehead atoms. The van der Waals surface area contributed by atoms with E-state index in [1.807, 2.05) is 27.7 Å². The van der Waals surface area contributed by atoms with Gasteiger partial charge in [-0.1, -0.05) is 27.7 Å². The molecule has 0 saturated heterocycles. The normalized spacial score (nSPS) is 20.8. The van der Waals surface area contributed by atoms with Gasteiger partial charge in [0, 0.05) is 0 Å². The second kappa shape index (κ2) is 3.21. The molecule has 74 valence electrons. The summed E-state index contributed by atoms with van der Waals surface area (Å²) in [5, 5.41) is 0. The lowest BCUT2D eigenvalue weighted by Crippen LogP contribution is -2.22. The molecule has 0 radical (unpaired) electrons. The first kappa shape index (κ1) is 10.4. The highest BCUT2D eigenvalue weighted by Crippen LogP contribution is 2.17. The Morgan fingerprint density at radius 1 is 0.923 bits per heavy atom. The smallest absolute Gasteiger partial charge is 0.179 e. The molecule has 0 aliphatic carbocycles. The third kappa shape index (κ3) is 2.15. The molecule has 0 unspecified atom stereocenters. The summed E-state index contributed by atoms with van der Waals surface area (Å²) in [5.74, 6) is 0.219. The van der Waals surface area contributed by atoms with E-state index in [0.717, 1.165) is 0 Å². The molecule has 1 aliphatic rings. The lowest BCUT2D eigenvalue weighted by molar-refractivity contribution is 0.600. The fourth-order valence-corrected chi connectivity index (χ4v) is 2.31. The van der Waals surface area contributed by atoms with Crippen LogP contribution in [0.15, 0.2) is 8.80 Å². The van der Waals surface area contributed by atoms with Crippen LogP contribution in [0, 0.1) is 11.8 Å². The van der Waals surface area contributed by atoms with Crippen LogP contribution < -0.4 is 0 Å². The van der Waals surface area contributed by atoms with Gasteiger partial charge in [0.2, 0.25) is 0 Å². The predicted molar refractivity (Wildman–Crippen MR) is 53.5 cm³/mol. The maximum atomic E-state index is 11.1. The molecule has 13 heavy (non-hydrogen) atoms. The van der Waals surface area contributed by atoms with Gasteiger partial charge in [-0.05, 0) is 11.8 Å². The average Bonchev–Trinajstić information content (AvgIpc) is 2.26. The minimum Gasteiger partial charge on any atom is -0.179 e. The Kier molecular flexibility index (Phi) is 2.56. The topological polar surface area (TPSA) is 58.9 Å². The van der Waals surface area contributed by atoms with Crippen molar-refractivity contribution in [1.82, 2.24) is 0 Å². The van der Waals surface area contributed by atoms with Crippen molar-refractivity contribution in [3.8, 4) is 0 Å². The molecule has 0 spiro atoms. The SMILES string of the molecule is CC(C)C1=NS(=O)(=O)N=C1C(C)C. The highest BCUT2D eigenvalue weighted by atomic mass is 32.2. The van der Waals surface area contributed by atoms with Gasteiger partial charge in [0.05, 0.1) is 11.4 Å². The van der Waals surface area contributed by atoms with Gasteiger partial charge in [0.25, 0.3) is 0 Å². The summed E-state index contributed by atoms with van der Waals surface area (Å²) in [7, 11) is -3.56. The van der Waals surface area contributed by atoms with Crippen molar-refractivity contribution in [1.29, 1.82) is 0 Å². The Morgan fingerprint density at radius 2 is 1.23 bits per heavy atom. The van der Waals surface area contributed by atoms with Crippen LogP contribution in [0.2, 0.25) is 0 Å². The van der Waals surface area contributed by atoms with Crippen LogP contribution in [0.3, 0.4) is 0 Å². The number of nitrogens with zero attached hydrogens (tertiary/aromatic N) is 2. The molecule has 5 heteroatoms. The second-order valence-corrected chi connectivity index (χ2v) is 4.97. The standard InChI is InChI=1S/C8H14N2O2S/c1-5(2)7-8(6(3)4)10-13(11,12)9-7/h5-6H,1-4H3. The lowest BCUT2D eigenvalue weighted by atomic mass is 9.96. The van der Waals surface area contributed by atoms with E-state index in [1.165, 1.54) is 0 Å². The first-order valence-corrected chi connectivity index (χ1v) is 5.68. The van der Waals surface area contributed by atoms with Gasteiger partial charge < -0.3 is 0 Å². The van der Waals surface area contributed by atoms with Crippen LogP contribution in [-0.2, 0) is 10.2 Å². The molecule has 4 nitrogen and oxygen atoms in total. The summed E-state index contributed by atoms with van der Waals surface area (Å²) in [6, 6.07) is 0. The van der Waals surface area contributed by atoms with E-state index >= 15 is 0 Å². The van der Waals surface area contributed by atoms with Gasteiger partial charge in [-0.15, -0.1) is 8.80 Å².